The van der Waals surface area contributed by atoms with E-state index in [-0.39, 0.29) is 12.3 Å². The lowest BCUT2D eigenvalue weighted by atomic mass is 10.1. The van der Waals surface area contributed by atoms with Crippen LogP contribution in [0.25, 0.3) is 0 Å². The molecule has 0 bridgehead atoms. The summed E-state index contributed by atoms with van der Waals surface area (Å²) in [7, 11) is 3.10. The van der Waals surface area contributed by atoms with E-state index in [9.17, 15) is 9.59 Å². The zero-order valence-corrected chi connectivity index (χ0v) is 16.6. The molecule has 2 amide bonds. The highest BCUT2D eigenvalue weighted by molar-refractivity contribution is 6.30. The topological polar surface area (TPSA) is 89.0 Å². The van der Waals surface area contributed by atoms with Crippen molar-refractivity contribution in [3.05, 3.63) is 58.6 Å². The number of nitrogens with one attached hydrogen (secondary N) is 2. The van der Waals surface area contributed by atoms with Crippen LogP contribution in [-0.4, -0.2) is 38.3 Å². The van der Waals surface area contributed by atoms with Crippen molar-refractivity contribution in [2.45, 2.75) is 19.4 Å². The summed E-state index contributed by atoms with van der Waals surface area (Å²) in [6.07, 6.45) is 1.58. The first kappa shape index (κ1) is 21.2. The fraction of sp³-hybridized carbons (Fsp3) is 0.250. The van der Waals surface area contributed by atoms with Crippen molar-refractivity contribution < 1.29 is 19.1 Å². The van der Waals surface area contributed by atoms with Crippen molar-refractivity contribution in [2.24, 2.45) is 5.10 Å². The predicted octanol–water partition coefficient (Wildman–Crippen LogP) is 2.55. The average Bonchev–Trinajstić information content (AvgIpc) is 2.68. The number of halogens is 1. The van der Waals surface area contributed by atoms with Crippen LogP contribution >= 0.6 is 11.6 Å². The molecular weight excluding hydrogens is 382 g/mol. The highest BCUT2D eigenvalue weighted by Crippen LogP contribution is 2.20. The molecule has 0 saturated carbocycles. The van der Waals surface area contributed by atoms with Crippen LogP contribution in [0.2, 0.25) is 5.02 Å². The van der Waals surface area contributed by atoms with Gasteiger partial charge in [0.2, 0.25) is 5.91 Å². The zero-order valence-electron chi connectivity index (χ0n) is 15.9. The quantitative estimate of drug-likeness (QED) is 0.523. The molecule has 1 unspecified atom stereocenters. The standard InChI is InChI=1S/C20H22ClN3O4/c1-13(23-19(25)10-14-4-7-17(27-2)8-5-14)20(26)24-22-12-15-11-16(21)6-9-18(15)28-3/h4-9,11-13H,10H2,1-3H3,(H,23,25)(H,24,26). The van der Waals surface area contributed by atoms with Crippen molar-refractivity contribution in [1.82, 2.24) is 10.7 Å². The highest BCUT2D eigenvalue weighted by Gasteiger charge is 2.15. The van der Waals surface area contributed by atoms with E-state index in [4.69, 9.17) is 21.1 Å². The number of amides is 2. The summed E-state index contributed by atoms with van der Waals surface area (Å²) in [6, 6.07) is 11.5. The maximum Gasteiger partial charge on any atom is 0.262 e. The Morgan fingerprint density at radius 3 is 2.50 bits per heavy atom. The monoisotopic (exact) mass is 403 g/mol. The third kappa shape index (κ3) is 6.28. The van der Waals surface area contributed by atoms with Gasteiger partial charge in [-0.25, -0.2) is 5.43 Å². The van der Waals surface area contributed by atoms with Crippen LogP contribution in [-0.2, 0) is 16.0 Å². The van der Waals surface area contributed by atoms with Crippen molar-refractivity contribution in [2.75, 3.05) is 14.2 Å². The minimum atomic E-state index is -0.746. The molecule has 148 valence electrons. The fourth-order valence-electron chi connectivity index (χ4n) is 2.36. The van der Waals surface area contributed by atoms with E-state index < -0.39 is 11.9 Å². The number of hydrogen-bond donors (Lipinski definition) is 2. The zero-order chi connectivity index (χ0) is 20.5. The predicted molar refractivity (Wildman–Crippen MR) is 108 cm³/mol. The summed E-state index contributed by atoms with van der Waals surface area (Å²) >= 11 is 5.95. The molecule has 0 saturated heterocycles. The molecule has 1 atom stereocenters. The normalized spacial score (nSPS) is 11.7. The number of benzene rings is 2. The lowest BCUT2D eigenvalue weighted by Crippen LogP contribution is -2.43. The maximum absolute atomic E-state index is 12.1. The molecule has 0 aliphatic rings. The lowest BCUT2D eigenvalue weighted by molar-refractivity contribution is -0.128. The molecule has 0 fully saturated rings. The fourth-order valence-corrected chi connectivity index (χ4v) is 2.54. The second kappa shape index (κ2) is 10.3. The van der Waals surface area contributed by atoms with Crippen molar-refractivity contribution in [3.63, 3.8) is 0 Å². The van der Waals surface area contributed by atoms with E-state index in [0.717, 1.165) is 5.56 Å². The van der Waals surface area contributed by atoms with Crippen molar-refractivity contribution in [3.8, 4) is 11.5 Å². The molecule has 0 aliphatic heterocycles. The highest BCUT2D eigenvalue weighted by atomic mass is 35.5. The van der Waals surface area contributed by atoms with Crippen LogP contribution in [0, 0.1) is 0 Å². The smallest absolute Gasteiger partial charge is 0.262 e. The number of nitrogens with zero attached hydrogens (tertiary/aromatic N) is 1. The number of hydrogen-bond acceptors (Lipinski definition) is 5. The number of rotatable bonds is 8. The van der Waals surface area contributed by atoms with E-state index in [0.29, 0.717) is 22.1 Å². The molecular formula is C20H22ClN3O4. The molecule has 2 N–H and O–H groups in total. The van der Waals surface area contributed by atoms with Gasteiger partial charge >= 0.3 is 0 Å². The first-order valence-electron chi connectivity index (χ1n) is 8.51. The van der Waals surface area contributed by atoms with Gasteiger partial charge in [-0.05, 0) is 42.8 Å². The summed E-state index contributed by atoms with van der Waals surface area (Å²) in [5.74, 6) is 0.572. The van der Waals surface area contributed by atoms with Gasteiger partial charge in [0.1, 0.15) is 17.5 Å². The molecule has 2 rings (SSSR count). The Hall–Kier alpha value is -3.06. The minimum Gasteiger partial charge on any atom is -0.497 e. The third-order valence-electron chi connectivity index (χ3n) is 3.86. The van der Waals surface area contributed by atoms with Gasteiger partial charge in [-0.2, -0.15) is 5.10 Å². The first-order valence-corrected chi connectivity index (χ1v) is 8.89. The van der Waals surface area contributed by atoms with Gasteiger partial charge in [-0.3, -0.25) is 9.59 Å². The SMILES string of the molecule is COc1ccc(CC(=O)NC(C)C(=O)NN=Cc2cc(Cl)ccc2OC)cc1. The minimum absolute atomic E-state index is 0.157. The Labute approximate surface area is 168 Å². The largest absolute Gasteiger partial charge is 0.497 e. The van der Waals surface area contributed by atoms with Gasteiger partial charge in [-0.15, -0.1) is 0 Å². The van der Waals surface area contributed by atoms with Crippen molar-refractivity contribution >= 4 is 29.6 Å². The van der Waals surface area contributed by atoms with Gasteiger partial charge < -0.3 is 14.8 Å². The molecule has 2 aromatic rings. The van der Waals surface area contributed by atoms with Crippen LogP contribution in [0.3, 0.4) is 0 Å². The summed E-state index contributed by atoms with van der Waals surface area (Å²) in [5.41, 5.74) is 3.82. The van der Waals surface area contributed by atoms with Gasteiger partial charge in [0.15, 0.2) is 0 Å². The number of ether oxygens (including phenoxy) is 2. The second-order valence-corrected chi connectivity index (χ2v) is 6.37. The summed E-state index contributed by atoms with van der Waals surface area (Å²) < 4.78 is 10.3. The summed E-state index contributed by atoms with van der Waals surface area (Å²) in [6.45, 7) is 1.58. The van der Waals surface area contributed by atoms with E-state index in [1.165, 1.54) is 13.3 Å². The molecule has 0 aliphatic carbocycles. The Morgan fingerprint density at radius 2 is 1.86 bits per heavy atom. The van der Waals surface area contributed by atoms with E-state index >= 15 is 0 Å². The van der Waals surface area contributed by atoms with E-state index in [2.05, 4.69) is 15.8 Å². The van der Waals surface area contributed by atoms with Crippen LogP contribution < -0.4 is 20.2 Å². The van der Waals surface area contributed by atoms with E-state index in [1.54, 1.807) is 56.5 Å². The van der Waals surface area contributed by atoms with Crippen LogP contribution in [0.15, 0.2) is 47.6 Å². The molecule has 8 heteroatoms. The molecule has 0 heterocycles. The van der Waals surface area contributed by atoms with Gasteiger partial charge in [0, 0.05) is 10.6 Å². The molecule has 28 heavy (non-hydrogen) atoms. The Kier molecular flexibility index (Phi) is 7.83. The van der Waals surface area contributed by atoms with Gasteiger partial charge in [0.05, 0.1) is 26.9 Å². The first-order chi connectivity index (χ1) is 13.4. The van der Waals surface area contributed by atoms with E-state index in [1.807, 2.05) is 0 Å². The van der Waals surface area contributed by atoms with Crippen molar-refractivity contribution in [1.29, 1.82) is 0 Å². The third-order valence-corrected chi connectivity index (χ3v) is 4.10. The van der Waals surface area contributed by atoms with Crippen LogP contribution in [0.4, 0.5) is 0 Å². The molecule has 0 spiro atoms. The molecule has 0 aromatic heterocycles. The average molecular weight is 404 g/mol. The summed E-state index contributed by atoms with van der Waals surface area (Å²) in [5, 5.41) is 7.05. The lowest BCUT2D eigenvalue weighted by Gasteiger charge is -2.12. The Bertz CT molecular complexity index is 853. The second-order valence-electron chi connectivity index (χ2n) is 5.93. The molecule has 2 aromatic carbocycles. The maximum atomic E-state index is 12.1. The number of carbonyl (C=O) groups is 2. The number of methoxy groups -OCH3 is 2. The summed E-state index contributed by atoms with van der Waals surface area (Å²) in [4.78, 5) is 24.2. The Balaban J connectivity index is 1.86. The Morgan fingerprint density at radius 1 is 1.14 bits per heavy atom. The number of hydrazone groups is 1. The molecule has 7 nitrogen and oxygen atoms in total. The number of carbonyl (C=O) groups excluding carboxylic acids is 2. The van der Waals surface area contributed by atoms with Crippen LogP contribution in [0.1, 0.15) is 18.1 Å². The molecule has 0 radical (unpaired) electrons. The van der Waals surface area contributed by atoms with Gasteiger partial charge in [-0.1, -0.05) is 23.7 Å². The van der Waals surface area contributed by atoms with Crippen LogP contribution in [0.5, 0.6) is 11.5 Å². The van der Waals surface area contributed by atoms with Gasteiger partial charge in [0.25, 0.3) is 5.91 Å².